The average Bonchev–Trinajstić information content (AvgIpc) is 2.62. The molecule has 0 radical (unpaired) electrons. The third-order valence-corrected chi connectivity index (χ3v) is 4.50. The molecule has 0 aliphatic heterocycles. The van der Waals surface area contributed by atoms with Gasteiger partial charge in [0.1, 0.15) is 5.76 Å². The molecule has 0 atom stereocenters. The summed E-state index contributed by atoms with van der Waals surface area (Å²) in [5.74, 6) is -0.689. The highest BCUT2D eigenvalue weighted by Crippen LogP contribution is 2.24. The molecular formula is C18H17BrN2O3S. The third kappa shape index (κ3) is 6.36. The first-order valence-corrected chi connectivity index (χ1v) is 9.32. The molecule has 5 nitrogen and oxygen atoms in total. The van der Waals surface area contributed by atoms with Gasteiger partial charge in [-0.2, -0.15) is 5.11 Å². The van der Waals surface area contributed by atoms with Crippen molar-refractivity contribution in [3.05, 3.63) is 70.5 Å². The van der Waals surface area contributed by atoms with Crippen molar-refractivity contribution in [1.82, 2.24) is 0 Å². The van der Waals surface area contributed by atoms with Gasteiger partial charge in [0, 0.05) is 9.37 Å². The zero-order valence-corrected chi connectivity index (χ0v) is 16.0. The van der Waals surface area contributed by atoms with Crippen LogP contribution < -0.4 is 0 Å². The number of hydrogen-bond acceptors (Lipinski definition) is 6. The fourth-order valence-corrected chi connectivity index (χ4v) is 2.80. The molecule has 2 aromatic carbocycles. The number of thioether (sulfide) groups is 1. The first-order chi connectivity index (χ1) is 12.1. The van der Waals surface area contributed by atoms with Gasteiger partial charge in [-0.1, -0.05) is 34.1 Å². The quantitative estimate of drug-likeness (QED) is 0.206. The molecule has 1 N–H and O–H groups in total. The summed E-state index contributed by atoms with van der Waals surface area (Å²) in [4.78, 5) is 13.0. The molecule has 0 heterocycles. The van der Waals surface area contributed by atoms with E-state index in [0.29, 0.717) is 5.69 Å². The van der Waals surface area contributed by atoms with E-state index in [1.807, 2.05) is 42.5 Å². The molecule has 0 spiro atoms. The van der Waals surface area contributed by atoms with E-state index in [9.17, 15) is 9.90 Å². The molecule has 0 aromatic heterocycles. The number of rotatable bonds is 7. The normalized spacial score (nSPS) is 12.1. The van der Waals surface area contributed by atoms with Gasteiger partial charge in [0.15, 0.2) is 0 Å². The predicted octanol–water partition coefficient (Wildman–Crippen LogP) is 5.66. The van der Waals surface area contributed by atoms with Crippen LogP contribution in [0.25, 0.3) is 0 Å². The monoisotopic (exact) mass is 420 g/mol. The largest absolute Gasteiger partial charge is 0.509 e. The highest BCUT2D eigenvalue weighted by molar-refractivity contribution is 9.10. The number of aliphatic hydroxyl groups excluding tert-OH is 1. The van der Waals surface area contributed by atoms with Crippen LogP contribution in [0.1, 0.15) is 6.92 Å². The maximum Gasteiger partial charge on any atom is 0.362 e. The summed E-state index contributed by atoms with van der Waals surface area (Å²) in [6.07, 6.45) is 0. The molecule has 2 aromatic rings. The van der Waals surface area contributed by atoms with E-state index in [1.54, 1.807) is 19.1 Å². The summed E-state index contributed by atoms with van der Waals surface area (Å²) in [6, 6.07) is 16.6. The number of benzene rings is 2. The first-order valence-electron chi connectivity index (χ1n) is 7.54. The Morgan fingerprint density at radius 2 is 1.84 bits per heavy atom. The number of aliphatic hydroxyl groups is 1. The maximum absolute atomic E-state index is 12.1. The van der Waals surface area contributed by atoms with Crippen LogP contribution in [0.5, 0.6) is 0 Å². The van der Waals surface area contributed by atoms with Crippen LogP contribution in [0.3, 0.4) is 0 Å². The van der Waals surface area contributed by atoms with E-state index in [1.165, 1.54) is 11.8 Å². The van der Waals surface area contributed by atoms with Crippen molar-refractivity contribution in [3.63, 3.8) is 0 Å². The lowest BCUT2D eigenvalue weighted by Gasteiger charge is -2.06. The Labute approximate surface area is 158 Å². The van der Waals surface area contributed by atoms with Crippen LogP contribution in [0, 0.1) is 0 Å². The number of nitrogens with zero attached hydrogens (tertiary/aromatic N) is 2. The molecule has 0 saturated heterocycles. The van der Waals surface area contributed by atoms with Gasteiger partial charge >= 0.3 is 5.97 Å². The molecule has 0 amide bonds. The lowest BCUT2D eigenvalue weighted by Crippen LogP contribution is -2.09. The van der Waals surface area contributed by atoms with E-state index in [4.69, 9.17) is 4.74 Å². The number of halogens is 1. The van der Waals surface area contributed by atoms with Crippen molar-refractivity contribution in [2.24, 2.45) is 10.2 Å². The second-order valence-corrected chi connectivity index (χ2v) is 6.76. The minimum absolute atomic E-state index is 0.175. The molecule has 0 fully saturated rings. The van der Waals surface area contributed by atoms with Gasteiger partial charge < -0.3 is 9.84 Å². The Morgan fingerprint density at radius 1 is 1.16 bits per heavy atom. The second kappa shape index (κ2) is 10.0. The minimum Gasteiger partial charge on any atom is -0.509 e. The van der Waals surface area contributed by atoms with Crippen LogP contribution in [0.15, 0.2) is 85.7 Å². The minimum atomic E-state index is -0.698. The molecule has 2 rings (SSSR count). The van der Waals surface area contributed by atoms with Crippen molar-refractivity contribution in [1.29, 1.82) is 0 Å². The molecular weight excluding hydrogens is 404 g/mol. The van der Waals surface area contributed by atoms with E-state index in [-0.39, 0.29) is 23.8 Å². The fourth-order valence-electron chi connectivity index (χ4n) is 1.77. The molecule has 0 aliphatic rings. The zero-order chi connectivity index (χ0) is 18.1. The van der Waals surface area contributed by atoms with Gasteiger partial charge in [-0.3, -0.25) is 0 Å². The standard InChI is InChI=1S/C18H17BrN2O3S/c1-2-24-18(23)17(21-20-14-6-4-3-5-7-14)16(22)12-25-15-10-8-13(19)9-11-15/h3-11,22H,2,12H2,1H3. The number of hydrogen-bond donors (Lipinski definition) is 1. The van der Waals surface area contributed by atoms with Gasteiger partial charge in [-0.15, -0.1) is 16.9 Å². The third-order valence-electron chi connectivity index (χ3n) is 2.95. The van der Waals surface area contributed by atoms with E-state index in [2.05, 4.69) is 26.2 Å². The Morgan fingerprint density at radius 3 is 2.48 bits per heavy atom. The Bertz CT molecular complexity index is 762. The van der Waals surface area contributed by atoms with Gasteiger partial charge in [0.25, 0.3) is 0 Å². The van der Waals surface area contributed by atoms with Crippen molar-refractivity contribution in [2.45, 2.75) is 11.8 Å². The summed E-state index contributed by atoms with van der Waals surface area (Å²) in [5.41, 5.74) is 0.396. The second-order valence-electron chi connectivity index (χ2n) is 4.79. The van der Waals surface area contributed by atoms with Crippen molar-refractivity contribution >= 4 is 39.3 Å². The smallest absolute Gasteiger partial charge is 0.362 e. The van der Waals surface area contributed by atoms with Gasteiger partial charge in [0.05, 0.1) is 18.0 Å². The number of carbonyl (C=O) groups excluding carboxylic acids is 1. The molecule has 0 unspecified atom stereocenters. The lowest BCUT2D eigenvalue weighted by molar-refractivity contribution is -0.138. The van der Waals surface area contributed by atoms with Crippen LogP contribution in [-0.2, 0) is 9.53 Å². The summed E-state index contributed by atoms with van der Waals surface area (Å²) in [5, 5.41) is 18.2. The van der Waals surface area contributed by atoms with Crippen molar-refractivity contribution in [2.75, 3.05) is 12.4 Å². The SMILES string of the molecule is CCOC(=O)C(N=Nc1ccccc1)=C(O)CSc1ccc(Br)cc1. The van der Waals surface area contributed by atoms with E-state index >= 15 is 0 Å². The van der Waals surface area contributed by atoms with Gasteiger partial charge in [-0.05, 0) is 43.3 Å². The topological polar surface area (TPSA) is 71.2 Å². The van der Waals surface area contributed by atoms with E-state index in [0.717, 1.165) is 9.37 Å². The van der Waals surface area contributed by atoms with Crippen LogP contribution in [-0.4, -0.2) is 23.4 Å². The lowest BCUT2D eigenvalue weighted by atomic mass is 10.3. The fraction of sp³-hybridized carbons (Fsp3) is 0.167. The molecule has 130 valence electrons. The Kier molecular flexibility index (Phi) is 7.69. The summed E-state index contributed by atoms with van der Waals surface area (Å²) < 4.78 is 5.93. The van der Waals surface area contributed by atoms with Crippen LogP contribution in [0.4, 0.5) is 5.69 Å². The van der Waals surface area contributed by atoms with Crippen molar-refractivity contribution < 1.29 is 14.6 Å². The summed E-state index contributed by atoms with van der Waals surface area (Å²) in [7, 11) is 0. The number of azo groups is 1. The highest BCUT2D eigenvalue weighted by Gasteiger charge is 2.17. The average molecular weight is 421 g/mol. The molecule has 0 aliphatic carbocycles. The summed E-state index contributed by atoms with van der Waals surface area (Å²) >= 11 is 4.76. The summed E-state index contributed by atoms with van der Waals surface area (Å²) in [6.45, 7) is 1.88. The maximum atomic E-state index is 12.1. The first kappa shape index (κ1) is 19.2. The zero-order valence-electron chi connectivity index (χ0n) is 13.6. The number of ether oxygens (including phenoxy) is 1. The van der Waals surface area contributed by atoms with Gasteiger partial charge in [-0.25, -0.2) is 4.79 Å². The predicted molar refractivity (Wildman–Crippen MR) is 102 cm³/mol. The van der Waals surface area contributed by atoms with Crippen LogP contribution in [0.2, 0.25) is 0 Å². The molecule has 0 bridgehead atoms. The van der Waals surface area contributed by atoms with E-state index < -0.39 is 5.97 Å². The highest BCUT2D eigenvalue weighted by atomic mass is 79.9. The molecule has 0 saturated carbocycles. The molecule has 7 heteroatoms. The van der Waals surface area contributed by atoms with Gasteiger partial charge in [0.2, 0.25) is 5.70 Å². The number of carbonyl (C=O) groups is 1. The number of esters is 1. The van der Waals surface area contributed by atoms with Crippen molar-refractivity contribution in [3.8, 4) is 0 Å². The molecule has 25 heavy (non-hydrogen) atoms. The van der Waals surface area contributed by atoms with Crippen LogP contribution >= 0.6 is 27.7 Å². The Hall–Kier alpha value is -2.12. The Balaban J connectivity index is 2.16.